The van der Waals surface area contributed by atoms with E-state index in [9.17, 15) is 0 Å². The maximum Gasteiger partial charge on any atom is 0.266 e. The van der Waals surface area contributed by atoms with Crippen LogP contribution in [0.15, 0.2) is 77.7 Å². The second-order valence-corrected chi connectivity index (χ2v) is 6.33. The number of hydrogen-bond acceptors (Lipinski definition) is 6. The van der Waals surface area contributed by atoms with Gasteiger partial charge in [-0.15, -0.1) is 0 Å². The minimum atomic E-state index is 0.396. The summed E-state index contributed by atoms with van der Waals surface area (Å²) < 4.78 is 7.77. The molecule has 0 aliphatic carbocycles. The quantitative estimate of drug-likeness (QED) is 0.458. The van der Waals surface area contributed by atoms with Gasteiger partial charge in [0.2, 0.25) is 11.5 Å². The summed E-state index contributed by atoms with van der Waals surface area (Å²) >= 11 is 0. The monoisotopic (exact) mass is 364 g/mol. The van der Waals surface area contributed by atoms with E-state index in [0.717, 1.165) is 27.6 Å². The van der Waals surface area contributed by atoms with Crippen molar-refractivity contribution in [3.05, 3.63) is 73.3 Å². The SMILES string of the molecule is c1ccc2c(c1)c1cccnc1n2-c1ccc(-c2nc3nccnc3o2)nc1. The summed E-state index contributed by atoms with van der Waals surface area (Å²) in [4.78, 5) is 21.8. The lowest BCUT2D eigenvalue weighted by molar-refractivity contribution is 0.604. The van der Waals surface area contributed by atoms with Crippen LogP contribution in [0.4, 0.5) is 0 Å². The van der Waals surface area contributed by atoms with E-state index in [0.29, 0.717) is 22.9 Å². The fourth-order valence-electron chi connectivity index (χ4n) is 3.49. The molecule has 0 fully saturated rings. The number of pyridine rings is 2. The second-order valence-electron chi connectivity index (χ2n) is 6.33. The minimum absolute atomic E-state index is 0.396. The van der Waals surface area contributed by atoms with Gasteiger partial charge in [-0.1, -0.05) is 18.2 Å². The molecule has 0 bridgehead atoms. The van der Waals surface area contributed by atoms with Crippen LogP contribution in [0.3, 0.4) is 0 Å². The summed E-state index contributed by atoms with van der Waals surface area (Å²) in [6, 6.07) is 16.2. The van der Waals surface area contributed by atoms with Crippen molar-refractivity contribution in [3.8, 4) is 17.3 Å². The Morgan fingerprint density at radius 2 is 1.64 bits per heavy atom. The fourth-order valence-corrected chi connectivity index (χ4v) is 3.49. The molecule has 7 heteroatoms. The third kappa shape index (κ3) is 2.13. The van der Waals surface area contributed by atoms with Gasteiger partial charge < -0.3 is 4.42 Å². The molecule has 0 saturated carbocycles. The minimum Gasteiger partial charge on any atom is -0.414 e. The van der Waals surface area contributed by atoms with Crippen molar-refractivity contribution in [2.24, 2.45) is 0 Å². The molecule has 0 aliphatic rings. The van der Waals surface area contributed by atoms with Gasteiger partial charge in [-0.3, -0.25) is 4.57 Å². The molecule has 0 aliphatic heterocycles. The zero-order valence-electron chi connectivity index (χ0n) is 14.5. The van der Waals surface area contributed by atoms with Gasteiger partial charge in [0.05, 0.1) is 17.4 Å². The normalized spacial score (nSPS) is 11.6. The van der Waals surface area contributed by atoms with Gasteiger partial charge in [-0.2, -0.15) is 4.98 Å². The van der Waals surface area contributed by atoms with E-state index in [1.807, 2.05) is 30.3 Å². The lowest BCUT2D eigenvalue weighted by Gasteiger charge is -2.06. The standard InChI is InChI=1S/C21H12N6O/c1-2-6-17-14(4-1)15-5-3-9-23-19(15)27(17)13-7-8-16(25-12-13)20-26-18-21(28-20)24-11-10-22-18/h1-12H. The summed E-state index contributed by atoms with van der Waals surface area (Å²) in [7, 11) is 0. The van der Waals surface area contributed by atoms with Crippen molar-refractivity contribution >= 4 is 33.3 Å². The first-order valence-electron chi connectivity index (χ1n) is 8.77. The Balaban J connectivity index is 1.52. The van der Waals surface area contributed by atoms with Gasteiger partial charge in [-0.25, -0.2) is 19.9 Å². The maximum atomic E-state index is 5.66. The van der Waals surface area contributed by atoms with E-state index in [-0.39, 0.29) is 0 Å². The van der Waals surface area contributed by atoms with Crippen molar-refractivity contribution in [2.45, 2.75) is 0 Å². The molecule has 0 N–H and O–H groups in total. The van der Waals surface area contributed by atoms with E-state index >= 15 is 0 Å². The summed E-state index contributed by atoms with van der Waals surface area (Å²) in [5.41, 5.74) is 4.39. The number of hydrogen-bond donors (Lipinski definition) is 0. The number of rotatable bonds is 2. The predicted molar refractivity (Wildman–Crippen MR) is 105 cm³/mol. The molecule has 132 valence electrons. The van der Waals surface area contributed by atoms with Crippen molar-refractivity contribution in [1.82, 2.24) is 29.5 Å². The number of benzene rings is 1. The van der Waals surface area contributed by atoms with Crippen LogP contribution in [-0.4, -0.2) is 29.5 Å². The van der Waals surface area contributed by atoms with Gasteiger partial charge in [0.15, 0.2) is 0 Å². The van der Waals surface area contributed by atoms with Crippen LogP contribution in [0.25, 0.3) is 50.6 Å². The third-order valence-corrected chi connectivity index (χ3v) is 4.71. The fraction of sp³-hybridized carbons (Fsp3) is 0. The summed E-state index contributed by atoms with van der Waals surface area (Å²) in [6.07, 6.45) is 6.76. The Hall–Kier alpha value is -4.13. The van der Waals surface area contributed by atoms with Crippen LogP contribution in [0.5, 0.6) is 0 Å². The van der Waals surface area contributed by atoms with E-state index in [4.69, 9.17) is 4.42 Å². The molecule has 0 amide bonds. The van der Waals surface area contributed by atoms with E-state index < -0.39 is 0 Å². The number of fused-ring (bicyclic) bond motifs is 4. The lowest BCUT2D eigenvalue weighted by atomic mass is 10.2. The van der Waals surface area contributed by atoms with Crippen LogP contribution in [0.2, 0.25) is 0 Å². The van der Waals surface area contributed by atoms with Gasteiger partial charge >= 0.3 is 0 Å². The summed E-state index contributed by atoms with van der Waals surface area (Å²) in [5.74, 6) is 0.396. The van der Waals surface area contributed by atoms with Gasteiger partial charge in [0.25, 0.3) is 5.71 Å². The van der Waals surface area contributed by atoms with Crippen LogP contribution in [0.1, 0.15) is 0 Å². The summed E-state index contributed by atoms with van der Waals surface area (Å²) in [5, 5.41) is 2.27. The molecule has 1 aromatic carbocycles. The first-order valence-corrected chi connectivity index (χ1v) is 8.77. The summed E-state index contributed by atoms with van der Waals surface area (Å²) in [6.45, 7) is 0. The van der Waals surface area contributed by atoms with Gasteiger partial charge in [-0.05, 0) is 30.3 Å². The average molecular weight is 364 g/mol. The smallest absolute Gasteiger partial charge is 0.266 e. The first-order chi connectivity index (χ1) is 13.9. The molecule has 7 nitrogen and oxygen atoms in total. The Morgan fingerprint density at radius 3 is 2.54 bits per heavy atom. The number of oxazole rings is 1. The number of aromatic nitrogens is 6. The Bertz CT molecular complexity index is 1380. The highest BCUT2D eigenvalue weighted by Gasteiger charge is 2.14. The van der Waals surface area contributed by atoms with Gasteiger partial charge in [0, 0.05) is 29.4 Å². The van der Waals surface area contributed by atoms with Crippen LogP contribution in [-0.2, 0) is 0 Å². The molecule has 6 aromatic rings. The van der Waals surface area contributed by atoms with Crippen LogP contribution >= 0.6 is 0 Å². The Morgan fingerprint density at radius 1 is 0.750 bits per heavy atom. The molecule has 5 aromatic heterocycles. The van der Waals surface area contributed by atoms with Crippen molar-refractivity contribution in [1.29, 1.82) is 0 Å². The molecule has 5 heterocycles. The van der Waals surface area contributed by atoms with Crippen LogP contribution in [0, 0.1) is 0 Å². The molecule has 0 spiro atoms. The second kappa shape index (κ2) is 5.68. The zero-order chi connectivity index (χ0) is 18.5. The third-order valence-electron chi connectivity index (χ3n) is 4.71. The average Bonchev–Trinajstić information content (AvgIpc) is 3.33. The predicted octanol–water partition coefficient (Wildman–Crippen LogP) is 4.17. The molecule has 0 atom stereocenters. The van der Waals surface area contributed by atoms with Crippen molar-refractivity contribution in [3.63, 3.8) is 0 Å². The topological polar surface area (TPSA) is 82.5 Å². The molecule has 0 radical (unpaired) electrons. The maximum absolute atomic E-state index is 5.66. The molecule has 28 heavy (non-hydrogen) atoms. The Kier molecular flexibility index (Phi) is 3.04. The van der Waals surface area contributed by atoms with Gasteiger partial charge in [0.1, 0.15) is 11.3 Å². The largest absolute Gasteiger partial charge is 0.414 e. The first kappa shape index (κ1) is 15.0. The molecular formula is C21H12N6O. The van der Waals surface area contributed by atoms with E-state index in [1.165, 1.54) is 0 Å². The van der Waals surface area contributed by atoms with E-state index in [2.05, 4.69) is 47.7 Å². The zero-order valence-corrected chi connectivity index (χ0v) is 14.5. The molecule has 6 rings (SSSR count). The Labute approximate surface area is 158 Å². The molecular weight excluding hydrogens is 352 g/mol. The van der Waals surface area contributed by atoms with Crippen molar-refractivity contribution in [2.75, 3.05) is 0 Å². The number of nitrogens with zero attached hydrogens (tertiary/aromatic N) is 6. The highest BCUT2D eigenvalue weighted by Crippen LogP contribution is 2.30. The lowest BCUT2D eigenvalue weighted by Crippen LogP contribution is -1.96. The highest BCUT2D eigenvalue weighted by molar-refractivity contribution is 6.07. The van der Waals surface area contributed by atoms with Crippen molar-refractivity contribution < 1.29 is 4.42 Å². The van der Waals surface area contributed by atoms with Crippen LogP contribution < -0.4 is 0 Å². The highest BCUT2D eigenvalue weighted by atomic mass is 16.4. The number of para-hydroxylation sites is 1. The molecule has 0 saturated heterocycles. The van der Waals surface area contributed by atoms with E-state index in [1.54, 1.807) is 24.8 Å². The molecule has 0 unspecified atom stereocenters.